The molecule has 1 aromatic rings. The molecule has 0 amide bonds. The fourth-order valence-electron chi connectivity index (χ4n) is 1.74. The van der Waals surface area contributed by atoms with Crippen molar-refractivity contribution in [3.8, 4) is 0 Å². The Morgan fingerprint density at radius 3 is 2.35 bits per heavy atom. The molecule has 0 aliphatic heterocycles. The number of nitrogens with one attached hydrogen (secondary N) is 3. The molecule has 1 aromatic carbocycles. The Morgan fingerprint density at radius 2 is 1.83 bits per heavy atom. The van der Waals surface area contributed by atoms with Crippen LogP contribution in [0.4, 0.5) is 0 Å². The fourth-order valence-corrected chi connectivity index (χ4v) is 2.76. The van der Waals surface area contributed by atoms with E-state index in [2.05, 4.69) is 20.3 Å². The van der Waals surface area contributed by atoms with Crippen LogP contribution in [0, 0.1) is 6.92 Å². The van der Waals surface area contributed by atoms with E-state index in [-0.39, 0.29) is 41.5 Å². The minimum Gasteiger partial charge on any atom is -0.357 e. The Hall–Kier alpha value is -0.870. The van der Waals surface area contributed by atoms with Crippen molar-refractivity contribution >= 4 is 40.0 Å². The molecule has 132 valence electrons. The van der Waals surface area contributed by atoms with Gasteiger partial charge in [-0.2, -0.15) is 0 Å². The van der Waals surface area contributed by atoms with Crippen molar-refractivity contribution in [2.24, 2.45) is 4.99 Å². The van der Waals surface area contributed by atoms with Crippen LogP contribution in [0.3, 0.4) is 0 Å². The highest BCUT2D eigenvalue weighted by Gasteiger charge is 2.12. The minimum absolute atomic E-state index is 0. The molecule has 0 aromatic heterocycles. The van der Waals surface area contributed by atoms with Gasteiger partial charge in [0.05, 0.1) is 11.4 Å². The van der Waals surface area contributed by atoms with Gasteiger partial charge in [0, 0.05) is 19.1 Å². The molecule has 0 aliphatic carbocycles. The molecule has 0 bridgehead atoms. The summed E-state index contributed by atoms with van der Waals surface area (Å²) in [6.07, 6.45) is 0. The van der Waals surface area contributed by atoms with Gasteiger partial charge in [0.15, 0.2) is 5.96 Å². The summed E-state index contributed by atoms with van der Waals surface area (Å²) in [5, 5.41) is 6.29. The van der Waals surface area contributed by atoms with Crippen LogP contribution in [0.1, 0.15) is 26.3 Å². The van der Waals surface area contributed by atoms with E-state index in [4.69, 9.17) is 0 Å². The van der Waals surface area contributed by atoms with Gasteiger partial charge in [-0.15, -0.1) is 24.0 Å². The maximum atomic E-state index is 12.1. The Kier molecular flexibility index (Phi) is 10.4. The Bertz CT molecular complexity index is 586. The number of benzene rings is 1. The normalized spacial score (nSPS) is 12.0. The highest BCUT2D eigenvalue weighted by molar-refractivity contribution is 14.0. The highest BCUT2D eigenvalue weighted by Crippen LogP contribution is 2.09. The first-order valence-electron chi connectivity index (χ1n) is 7.46. The van der Waals surface area contributed by atoms with Gasteiger partial charge in [-0.25, -0.2) is 13.1 Å². The first kappa shape index (κ1) is 22.1. The van der Waals surface area contributed by atoms with E-state index in [9.17, 15) is 8.42 Å². The Morgan fingerprint density at radius 1 is 1.22 bits per heavy atom. The molecule has 1 rings (SSSR count). The number of aryl methyl sites for hydroxylation is 1. The molecule has 0 fully saturated rings. The van der Waals surface area contributed by atoms with E-state index < -0.39 is 10.0 Å². The van der Waals surface area contributed by atoms with E-state index in [0.717, 1.165) is 12.1 Å². The lowest BCUT2D eigenvalue weighted by atomic mass is 10.2. The number of guanidine groups is 1. The molecule has 0 spiro atoms. The maximum absolute atomic E-state index is 12.1. The summed E-state index contributed by atoms with van der Waals surface area (Å²) in [4.78, 5) is 4.60. The van der Waals surface area contributed by atoms with Gasteiger partial charge >= 0.3 is 0 Å². The molecule has 0 saturated carbocycles. The lowest BCUT2D eigenvalue weighted by Crippen LogP contribution is -2.41. The van der Waals surface area contributed by atoms with Crippen molar-refractivity contribution in [3.05, 3.63) is 29.8 Å². The van der Waals surface area contributed by atoms with E-state index in [1.54, 1.807) is 24.3 Å². The second-order valence-corrected chi connectivity index (χ2v) is 7.04. The zero-order chi connectivity index (χ0) is 16.6. The molecule has 0 heterocycles. The molecular weight excluding hydrogens is 427 g/mol. The average Bonchev–Trinajstić information content (AvgIpc) is 2.43. The SMILES string of the molecule is CCNC(=NCCNS(=O)(=O)c1ccc(C)cc1)NC(C)C.I. The van der Waals surface area contributed by atoms with Crippen molar-refractivity contribution in [1.82, 2.24) is 15.4 Å². The summed E-state index contributed by atoms with van der Waals surface area (Å²) in [7, 11) is -3.47. The highest BCUT2D eigenvalue weighted by atomic mass is 127. The molecule has 0 atom stereocenters. The van der Waals surface area contributed by atoms with E-state index in [0.29, 0.717) is 12.5 Å². The molecule has 8 heteroatoms. The third kappa shape index (κ3) is 8.52. The van der Waals surface area contributed by atoms with Crippen LogP contribution in [0.25, 0.3) is 0 Å². The van der Waals surface area contributed by atoms with Crippen LogP contribution >= 0.6 is 24.0 Å². The number of sulfonamides is 1. The second-order valence-electron chi connectivity index (χ2n) is 5.27. The van der Waals surface area contributed by atoms with Crippen molar-refractivity contribution in [2.45, 2.75) is 38.6 Å². The van der Waals surface area contributed by atoms with Crippen LogP contribution in [0.2, 0.25) is 0 Å². The Balaban J connectivity index is 0.00000484. The summed E-state index contributed by atoms with van der Waals surface area (Å²) >= 11 is 0. The van der Waals surface area contributed by atoms with Gasteiger partial charge in [0.1, 0.15) is 0 Å². The largest absolute Gasteiger partial charge is 0.357 e. The standard InChI is InChI=1S/C15H26N4O2S.HI/c1-5-16-15(19-12(2)3)17-10-11-18-22(20,21)14-8-6-13(4)7-9-14;/h6-9,12,18H,5,10-11H2,1-4H3,(H2,16,17,19);1H. The molecule has 23 heavy (non-hydrogen) atoms. The predicted molar refractivity (Wildman–Crippen MR) is 106 cm³/mol. The molecule has 0 saturated heterocycles. The first-order chi connectivity index (χ1) is 10.3. The van der Waals surface area contributed by atoms with Crippen molar-refractivity contribution < 1.29 is 8.42 Å². The number of rotatable bonds is 7. The van der Waals surface area contributed by atoms with Crippen LogP contribution in [0.5, 0.6) is 0 Å². The molecular formula is C15H27IN4O2S. The first-order valence-corrected chi connectivity index (χ1v) is 8.94. The summed E-state index contributed by atoms with van der Waals surface area (Å²) in [5.41, 5.74) is 1.03. The molecule has 0 aliphatic rings. The summed E-state index contributed by atoms with van der Waals surface area (Å²) in [5.74, 6) is 0.687. The monoisotopic (exact) mass is 454 g/mol. The van der Waals surface area contributed by atoms with Crippen LogP contribution < -0.4 is 15.4 Å². The predicted octanol–water partition coefficient (Wildman–Crippen LogP) is 1.85. The lowest BCUT2D eigenvalue weighted by Gasteiger charge is -2.14. The summed E-state index contributed by atoms with van der Waals surface area (Å²) in [6.45, 7) is 9.33. The quantitative estimate of drug-likeness (QED) is 0.254. The average molecular weight is 454 g/mol. The summed E-state index contributed by atoms with van der Waals surface area (Å²) < 4.78 is 26.8. The van der Waals surface area contributed by atoms with Gasteiger partial charge < -0.3 is 10.6 Å². The van der Waals surface area contributed by atoms with Gasteiger partial charge in [0.25, 0.3) is 0 Å². The lowest BCUT2D eigenvalue weighted by molar-refractivity contribution is 0.582. The van der Waals surface area contributed by atoms with Crippen LogP contribution in [0.15, 0.2) is 34.2 Å². The third-order valence-electron chi connectivity index (χ3n) is 2.77. The number of halogens is 1. The zero-order valence-corrected chi connectivity index (χ0v) is 17.2. The molecule has 0 unspecified atom stereocenters. The topological polar surface area (TPSA) is 82.6 Å². The van der Waals surface area contributed by atoms with E-state index in [1.165, 1.54) is 0 Å². The smallest absolute Gasteiger partial charge is 0.240 e. The van der Waals surface area contributed by atoms with Gasteiger partial charge in [-0.1, -0.05) is 17.7 Å². The number of hydrogen-bond acceptors (Lipinski definition) is 3. The second kappa shape index (κ2) is 10.8. The maximum Gasteiger partial charge on any atom is 0.240 e. The van der Waals surface area contributed by atoms with Gasteiger partial charge in [-0.05, 0) is 39.8 Å². The van der Waals surface area contributed by atoms with Crippen molar-refractivity contribution in [2.75, 3.05) is 19.6 Å². The fraction of sp³-hybridized carbons (Fsp3) is 0.533. The molecule has 6 nitrogen and oxygen atoms in total. The van der Waals surface area contributed by atoms with Crippen LogP contribution in [-0.2, 0) is 10.0 Å². The zero-order valence-electron chi connectivity index (χ0n) is 14.1. The van der Waals surface area contributed by atoms with E-state index in [1.807, 2.05) is 27.7 Å². The minimum atomic E-state index is -3.47. The van der Waals surface area contributed by atoms with Gasteiger partial charge in [0.2, 0.25) is 10.0 Å². The third-order valence-corrected chi connectivity index (χ3v) is 4.25. The summed E-state index contributed by atoms with van der Waals surface area (Å²) in [6, 6.07) is 7.03. The number of nitrogens with zero attached hydrogens (tertiary/aromatic N) is 1. The molecule has 3 N–H and O–H groups in total. The Labute approximate surface area is 156 Å². The number of aliphatic imine (C=N–C) groups is 1. The van der Waals surface area contributed by atoms with Crippen LogP contribution in [-0.4, -0.2) is 40.1 Å². The van der Waals surface area contributed by atoms with Crippen molar-refractivity contribution in [3.63, 3.8) is 0 Å². The number of hydrogen-bond donors (Lipinski definition) is 3. The van der Waals surface area contributed by atoms with E-state index >= 15 is 0 Å². The van der Waals surface area contributed by atoms with Gasteiger partial charge in [-0.3, -0.25) is 4.99 Å². The molecule has 0 radical (unpaired) electrons. The van der Waals surface area contributed by atoms with Crippen molar-refractivity contribution in [1.29, 1.82) is 0 Å².